The van der Waals surface area contributed by atoms with Gasteiger partial charge in [-0.25, -0.2) is 18.1 Å². The lowest BCUT2D eigenvalue weighted by Crippen LogP contribution is -2.42. The standard InChI is InChI=1S/C15H18N4O4S/c1-9-11(10(2)23-17-9)6-19-7-12-13(8-19)22-15-14(4-3-5-16-15)24(20,21)18-12/h3-5,12-13,18H,6-8H2,1-2H3. The van der Waals surface area contributed by atoms with Crippen LogP contribution < -0.4 is 9.46 Å². The van der Waals surface area contributed by atoms with Crippen LogP contribution in [0, 0.1) is 13.8 Å². The molecule has 4 heterocycles. The highest BCUT2D eigenvalue weighted by Crippen LogP contribution is 2.29. The van der Waals surface area contributed by atoms with E-state index in [1.807, 2.05) is 13.8 Å². The van der Waals surface area contributed by atoms with Crippen LogP contribution >= 0.6 is 0 Å². The Kier molecular flexibility index (Phi) is 3.59. The number of likely N-dealkylation sites (tertiary alicyclic amines) is 1. The number of ether oxygens (including phenoxy) is 1. The van der Waals surface area contributed by atoms with Gasteiger partial charge in [-0.15, -0.1) is 0 Å². The number of sulfonamides is 1. The van der Waals surface area contributed by atoms with Gasteiger partial charge in [-0.2, -0.15) is 0 Å². The molecule has 1 N–H and O–H groups in total. The predicted molar refractivity (Wildman–Crippen MR) is 84.0 cm³/mol. The zero-order valence-electron chi connectivity index (χ0n) is 13.4. The van der Waals surface area contributed by atoms with Gasteiger partial charge in [-0.05, 0) is 26.0 Å². The van der Waals surface area contributed by atoms with Crippen LogP contribution in [-0.4, -0.2) is 48.7 Å². The molecule has 1 fully saturated rings. The first kappa shape index (κ1) is 15.6. The van der Waals surface area contributed by atoms with E-state index in [-0.39, 0.29) is 22.9 Å². The minimum Gasteiger partial charge on any atom is -0.470 e. The quantitative estimate of drug-likeness (QED) is 0.847. The molecule has 0 aromatic carbocycles. The highest BCUT2D eigenvalue weighted by atomic mass is 32.2. The zero-order valence-corrected chi connectivity index (χ0v) is 14.2. The average molecular weight is 350 g/mol. The lowest BCUT2D eigenvalue weighted by molar-refractivity contribution is 0.176. The number of aryl methyl sites for hydroxylation is 2. The molecule has 2 aromatic heterocycles. The fourth-order valence-electron chi connectivity index (χ4n) is 3.24. The first-order chi connectivity index (χ1) is 11.4. The van der Waals surface area contributed by atoms with Crippen LogP contribution in [0.3, 0.4) is 0 Å². The molecule has 1 saturated heterocycles. The highest BCUT2D eigenvalue weighted by Gasteiger charge is 2.41. The Morgan fingerprint density at radius 1 is 1.38 bits per heavy atom. The van der Waals surface area contributed by atoms with Crippen LogP contribution in [0.2, 0.25) is 0 Å². The second-order valence-corrected chi connectivity index (χ2v) is 7.87. The Morgan fingerprint density at radius 3 is 2.96 bits per heavy atom. The van der Waals surface area contributed by atoms with Crippen LogP contribution in [0.5, 0.6) is 5.88 Å². The van der Waals surface area contributed by atoms with E-state index in [0.717, 1.165) is 17.0 Å². The molecule has 0 radical (unpaired) electrons. The summed E-state index contributed by atoms with van der Waals surface area (Å²) in [5.74, 6) is 0.949. The summed E-state index contributed by atoms with van der Waals surface area (Å²) in [5.41, 5.74) is 1.89. The number of hydrogen-bond donors (Lipinski definition) is 1. The first-order valence-electron chi connectivity index (χ1n) is 7.72. The maximum atomic E-state index is 12.5. The van der Waals surface area contributed by atoms with E-state index in [2.05, 4.69) is 19.8 Å². The van der Waals surface area contributed by atoms with Crippen LogP contribution in [0.4, 0.5) is 0 Å². The van der Waals surface area contributed by atoms with Crippen molar-refractivity contribution in [2.24, 2.45) is 0 Å². The largest absolute Gasteiger partial charge is 0.470 e. The SMILES string of the molecule is Cc1noc(C)c1CN1CC2NS(=O)(=O)c3cccnc3OC2C1. The molecule has 2 atom stereocenters. The van der Waals surface area contributed by atoms with Crippen molar-refractivity contribution >= 4 is 10.0 Å². The maximum absolute atomic E-state index is 12.5. The van der Waals surface area contributed by atoms with Gasteiger partial charge in [0, 0.05) is 31.4 Å². The summed E-state index contributed by atoms with van der Waals surface area (Å²) in [7, 11) is -3.63. The van der Waals surface area contributed by atoms with Crippen molar-refractivity contribution in [2.45, 2.75) is 37.4 Å². The average Bonchev–Trinajstić information content (AvgIpc) is 3.02. The molecule has 2 aliphatic rings. The van der Waals surface area contributed by atoms with E-state index in [0.29, 0.717) is 19.6 Å². The molecule has 2 unspecified atom stereocenters. The molecule has 4 rings (SSSR count). The van der Waals surface area contributed by atoms with Gasteiger partial charge in [-0.1, -0.05) is 5.16 Å². The number of pyridine rings is 1. The van der Waals surface area contributed by atoms with E-state index >= 15 is 0 Å². The summed E-state index contributed by atoms with van der Waals surface area (Å²) >= 11 is 0. The van der Waals surface area contributed by atoms with Gasteiger partial charge >= 0.3 is 0 Å². The van der Waals surface area contributed by atoms with Gasteiger partial charge in [0.25, 0.3) is 0 Å². The molecular weight excluding hydrogens is 332 g/mol. The minimum atomic E-state index is -3.63. The van der Waals surface area contributed by atoms with E-state index in [9.17, 15) is 8.42 Å². The fraction of sp³-hybridized carbons (Fsp3) is 0.467. The van der Waals surface area contributed by atoms with Crippen LogP contribution in [0.15, 0.2) is 27.7 Å². The van der Waals surface area contributed by atoms with Gasteiger partial charge in [0.2, 0.25) is 15.9 Å². The normalized spacial score (nSPS) is 25.6. The van der Waals surface area contributed by atoms with Crippen molar-refractivity contribution in [2.75, 3.05) is 13.1 Å². The lowest BCUT2D eigenvalue weighted by Gasteiger charge is -2.16. The number of nitrogens with one attached hydrogen (secondary N) is 1. The Labute approximate surface area is 139 Å². The molecule has 2 aliphatic heterocycles. The van der Waals surface area contributed by atoms with Gasteiger partial charge in [0.1, 0.15) is 16.8 Å². The summed E-state index contributed by atoms with van der Waals surface area (Å²) in [6, 6.07) is 2.78. The maximum Gasteiger partial charge on any atom is 0.246 e. The Balaban J connectivity index is 1.58. The third-order valence-electron chi connectivity index (χ3n) is 4.50. The molecule has 128 valence electrons. The van der Waals surface area contributed by atoms with E-state index in [1.165, 1.54) is 12.3 Å². The van der Waals surface area contributed by atoms with Crippen LogP contribution in [-0.2, 0) is 16.6 Å². The summed E-state index contributed by atoms with van der Waals surface area (Å²) in [5, 5.41) is 3.96. The fourth-order valence-corrected chi connectivity index (χ4v) is 4.58. The predicted octanol–water partition coefficient (Wildman–Crippen LogP) is 0.610. The Morgan fingerprint density at radius 2 is 2.21 bits per heavy atom. The van der Waals surface area contributed by atoms with Crippen molar-refractivity contribution in [3.05, 3.63) is 35.3 Å². The topological polar surface area (TPSA) is 97.6 Å². The van der Waals surface area contributed by atoms with Crippen LogP contribution in [0.1, 0.15) is 17.0 Å². The molecule has 9 heteroatoms. The van der Waals surface area contributed by atoms with Gasteiger partial charge < -0.3 is 9.26 Å². The molecule has 0 bridgehead atoms. The smallest absolute Gasteiger partial charge is 0.246 e. The van der Waals surface area contributed by atoms with Crippen molar-refractivity contribution in [3.63, 3.8) is 0 Å². The summed E-state index contributed by atoms with van der Waals surface area (Å²) < 4.78 is 38.8. The van der Waals surface area contributed by atoms with Gasteiger partial charge in [0.15, 0.2) is 0 Å². The van der Waals surface area contributed by atoms with Crippen molar-refractivity contribution in [3.8, 4) is 5.88 Å². The number of aromatic nitrogens is 2. The summed E-state index contributed by atoms with van der Waals surface area (Å²) in [6.07, 6.45) is 1.25. The number of rotatable bonds is 2. The molecule has 0 spiro atoms. The zero-order chi connectivity index (χ0) is 16.9. The molecule has 2 aromatic rings. The number of fused-ring (bicyclic) bond motifs is 2. The van der Waals surface area contributed by atoms with Gasteiger partial charge in [0.05, 0.1) is 11.7 Å². The highest BCUT2D eigenvalue weighted by molar-refractivity contribution is 7.89. The van der Waals surface area contributed by atoms with E-state index in [4.69, 9.17) is 9.26 Å². The second-order valence-electron chi connectivity index (χ2n) is 6.19. The second kappa shape index (κ2) is 5.54. The molecule has 0 amide bonds. The number of hydrogen-bond acceptors (Lipinski definition) is 7. The molecule has 8 nitrogen and oxygen atoms in total. The lowest BCUT2D eigenvalue weighted by atomic mass is 10.2. The van der Waals surface area contributed by atoms with E-state index < -0.39 is 10.0 Å². The first-order valence-corrected chi connectivity index (χ1v) is 9.20. The number of nitrogens with zero attached hydrogens (tertiary/aromatic N) is 3. The van der Waals surface area contributed by atoms with Crippen molar-refractivity contribution in [1.29, 1.82) is 0 Å². The third-order valence-corrected chi connectivity index (χ3v) is 6.00. The summed E-state index contributed by atoms with van der Waals surface area (Å²) in [6.45, 7) is 5.59. The third kappa shape index (κ3) is 2.58. The molecule has 24 heavy (non-hydrogen) atoms. The Hall–Kier alpha value is -1.97. The monoisotopic (exact) mass is 350 g/mol. The van der Waals surface area contributed by atoms with E-state index in [1.54, 1.807) is 6.07 Å². The molecular formula is C15H18N4O4S. The van der Waals surface area contributed by atoms with Crippen LogP contribution in [0.25, 0.3) is 0 Å². The molecule has 0 saturated carbocycles. The molecule has 0 aliphatic carbocycles. The van der Waals surface area contributed by atoms with Crippen molar-refractivity contribution < 1.29 is 17.7 Å². The van der Waals surface area contributed by atoms with Gasteiger partial charge in [-0.3, -0.25) is 4.90 Å². The Bertz CT molecular complexity index is 860. The summed E-state index contributed by atoms with van der Waals surface area (Å²) in [4.78, 5) is 6.31. The minimum absolute atomic E-state index is 0.0941. The van der Waals surface area contributed by atoms with Crippen molar-refractivity contribution in [1.82, 2.24) is 19.8 Å².